The fraction of sp³-hybridized carbons (Fsp3) is 0.769. The second kappa shape index (κ2) is 7.23. The van der Waals surface area contributed by atoms with E-state index in [0.29, 0.717) is 0 Å². The van der Waals surface area contributed by atoms with E-state index < -0.39 is 35.3 Å². The monoisotopic (exact) mass is 287 g/mol. The van der Waals surface area contributed by atoms with Gasteiger partial charge in [-0.3, -0.25) is 9.59 Å². The minimum Gasteiger partial charge on any atom is -0.480 e. The molecule has 0 radical (unpaired) electrons. The summed E-state index contributed by atoms with van der Waals surface area (Å²) in [6.07, 6.45) is 0. The zero-order chi connectivity index (χ0) is 16.1. The number of carboxylic acid groups (broad SMARTS) is 1. The number of hydrogen-bond donors (Lipinski definition) is 4. The van der Waals surface area contributed by atoms with Crippen LogP contribution >= 0.6 is 0 Å². The Morgan fingerprint density at radius 1 is 1.20 bits per heavy atom. The molecule has 0 bridgehead atoms. The maximum atomic E-state index is 11.7. The smallest absolute Gasteiger partial charge is 0.326 e. The van der Waals surface area contributed by atoms with Crippen LogP contribution in [-0.2, 0) is 14.4 Å². The van der Waals surface area contributed by atoms with Gasteiger partial charge in [0.15, 0.2) is 0 Å². The van der Waals surface area contributed by atoms with Gasteiger partial charge >= 0.3 is 5.97 Å². The van der Waals surface area contributed by atoms with E-state index in [9.17, 15) is 14.4 Å². The van der Waals surface area contributed by atoms with Crippen LogP contribution in [0.25, 0.3) is 0 Å². The molecule has 0 saturated carbocycles. The van der Waals surface area contributed by atoms with E-state index in [-0.39, 0.29) is 12.5 Å². The summed E-state index contributed by atoms with van der Waals surface area (Å²) in [7, 11) is 0. The van der Waals surface area contributed by atoms with Gasteiger partial charge in [-0.05, 0) is 11.3 Å². The fourth-order valence-corrected chi connectivity index (χ4v) is 1.45. The lowest BCUT2D eigenvalue weighted by Gasteiger charge is -2.27. The molecule has 0 aliphatic carbocycles. The average molecular weight is 287 g/mol. The van der Waals surface area contributed by atoms with Crippen LogP contribution in [0.1, 0.15) is 34.6 Å². The highest BCUT2D eigenvalue weighted by molar-refractivity contribution is 5.89. The van der Waals surface area contributed by atoms with Crippen molar-refractivity contribution in [3.63, 3.8) is 0 Å². The zero-order valence-electron chi connectivity index (χ0n) is 12.7. The predicted molar refractivity (Wildman–Crippen MR) is 74.8 cm³/mol. The number of rotatable bonds is 6. The molecular formula is C13H25N3O4. The second-order valence-corrected chi connectivity index (χ2v) is 6.19. The normalized spacial score (nSPS) is 14.6. The summed E-state index contributed by atoms with van der Waals surface area (Å²) in [5.41, 5.74) is 5.00. The number of nitrogens with two attached hydrogens (primary N) is 1. The molecule has 2 amide bonds. The van der Waals surface area contributed by atoms with Gasteiger partial charge in [-0.2, -0.15) is 0 Å². The third kappa shape index (κ3) is 6.01. The van der Waals surface area contributed by atoms with Crippen LogP contribution in [0.4, 0.5) is 0 Å². The number of hydrogen-bond acceptors (Lipinski definition) is 4. The minimum absolute atomic E-state index is 0.0422. The second-order valence-electron chi connectivity index (χ2n) is 6.19. The third-order valence-corrected chi connectivity index (χ3v) is 2.86. The molecule has 0 aromatic carbocycles. The molecule has 0 aromatic heterocycles. The molecule has 0 rings (SSSR count). The number of amides is 2. The summed E-state index contributed by atoms with van der Waals surface area (Å²) in [6, 6.07) is -1.72. The van der Waals surface area contributed by atoms with Gasteiger partial charge in [0.05, 0.1) is 12.6 Å². The average Bonchev–Trinajstić information content (AvgIpc) is 2.29. The van der Waals surface area contributed by atoms with Crippen molar-refractivity contribution >= 4 is 17.8 Å². The summed E-state index contributed by atoms with van der Waals surface area (Å²) in [6.45, 7) is 8.42. The molecule has 7 heteroatoms. The van der Waals surface area contributed by atoms with Crippen molar-refractivity contribution in [3.8, 4) is 0 Å². The first-order chi connectivity index (χ1) is 8.96. The van der Waals surface area contributed by atoms with Crippen LogP contribution in [0, 0.1) is 11.3 Å². The van der Waals surface area contributed by atoms with E-state index in [2.05, 4.69) is 10.6 Å². The van der Waals surface area contributed by atoms with Crippen LogP contribution < -0.4 is 16.4 Å². The molecule has 2 atom stereocenters. The van der Waals surface area contributed by atoms with Gasteiger partial charge in [-0.25, -0.2) is 4.79 Å². The van der Waals surface area contributed by atoms with Gasteiger partial charge in [0.2, 0.25) is 11.8 Å². The van der Waals surface area contributed by atoms with Crippen molar-refractivity contribution in [2.24, 2.45) is 17.1 Å². The lowest BCUT2D eigenvalue weighted by molar-refractivity contribution is -0.144. The van der Waals surface area contributed by atoms with Gasteiger partial charge in [0.1, 0.15) is 6.04 Å². The summed E-state index contributed by atoms with van der Waals surface area (Å²) >= 11 is 0. The van der Waals surface area contributed by atoms with Crippen LogP contribution in [0.3, 0.4) is 0 Å². The van der Waals surface area contributed by atoms with Crippen molar-refractivity contribution < 1.29 is 19.5 Å². The maximum Gasteiger partial charge on any atom is 0.326 e. The van der Waals surface area contributed by atoms with E-state index >= 15 is 0 Å². The molecule has 0 aliphatic rings. The molecule has 0 spiro atoms. The highest BCUT2D eigenvalue weighted by Gasteiger charge is 2.32. The van der Waals surface area contributed by atoms with Crippen LogP contribution in [0.2, 0.25) is 0 Å². The molecule has 0 fully saturated rings. The molecule has 0 heterocycles. The molecule has 5 N–H and O–H groups in total. The van der Waals surface area contributed by atoms with Crippen LogP contribution in [0.15, 0.2) is 0 Å². The number of nitrogens with one attached hydrogen (secondary N) is 2. The largest absolute Gasteiger partial charge is 0.480 e. The molecule has 0 aliphatic heterocycles. The van der Waals surface area contributed by atoms with E-state index in [1.54, 1.807) is 34.6 Å². The Bertz CT molecular complexity index is 374. The Kier molecular flexibility index (Phi) is 6.64. The van der Waals surface area contributed by atoms with Crippen molar-refractivity contribution in [1.82, 2.24) is 10.6 Å². The van der Waals surface area contributed by atoms with Gasteiger partial charge in [-0.1, -0.05) is 34.6 Å². The molecule has 7 nitrogen and oxygen atoms in total. The quantitative estimate of drug-likeness (QED) is 0.534. The number of carboxylic acids is 1. The minimum atomic E-state index is -1.11. The number of carbonyl (C=O) groups excluding carboxylic acids is 2. The van der Waals surface area contributed by atoms with Gasteiger partial charge in [0, 0.05) is 0 Å². The number of aliphatic carboxylic acids is 1. The van der Waals surface area contributed by atoms with E-state index in [0.717, 1.165) is 0 Å². The van der Waals surface area contributed by atoms with Crippen molar-refractivity contribution in [1.29, 1.82) is 0 Å². The van der Waals surface area contributed by atoms with E-state index in [4.69, 9.17) is 10.8 Å². The van der Waals surface area contributed by atoms with E-state index in [1.165, 1.54) is 0 Å². The zero-order valence-corrected chi connectivity index (χ0v) is 12.7. The highest BCUT2D eigenvalue weighted by Crippen LogP contribution is 2.19. The first-order valence-electron chi connectivity index (χ1n) is 6.52. The molecule has 20 heavy (non-hydrogen) atoms. The molecule has 116 valence electrons. The summed E-state index contributed by atoms with van der Waals surface area (Å²) < 4.78 is 0. The Morgan fingerprint density at radius 3 is 2.05 bits per heavy atom. The fourth-order valence-electron chi connectivity index (χ4n) is 1.45. The predicted octanol–water partition coefficient (Wildman–Crippen LogP) is -0.299. The lowest BCUT2D eigenvalue weighted by atomic mass is 9.87. The first kappa shape index (κ1) is 18.4. The Morgan fingerprint density at radius 2 is 1.70 bits per heavy atom. The third-order valence-electron chi connectivity index (χ3n) is 2.86. The lowest BCUT2D eigenvalue weighted by Crippen LogP contribution is -2.53. The van der Waals surface area contributed by atoms with Crippen molar-refractivity contribution in [2.75, 3.05) is 6.54 Å². The summed E-state index contributed by atoms with van der Waals surface area (Å²) in [5.74, 6) is -2.15. The highest BCUT2D eigenvalue weighted by atomic mass is 16.4. The van der Waals surface area contributed by atoms with Crippen LogP contribution in [0.5, 0.6) is 0 Å². The van der Waals surface area contributed by atoms with Crippen molar-refractivity contribution in [3.05, 3.63) is 0 Å². The van der Waals surface area contributed by atoms with Gasteiger partial charge in [-0.15, -0.1) is 0 Å². The Labute approximate surface area is 119 Å². The van der Waals surface area contributed by atoms with E-state index in [1.807, 2.05) is 0 Å². The van der Waals surface area contributed by atoms with Crippen molar-refractivity contribution in [2.45, 2.75) is 46.7 Å². The molecule has 0 aromatic rings. The first-order valence-corrected chi connectivity index (χ1v) is 6.52. The Hall–Kier alpha value is -1.63. The maximum absolute atomic E-state index is 11.7. The van der Waals surface area contributed by atoms with Gasteiger partial charge < -0.3 is 21.5 Å². The standard InChI is InChI=1S/C13H25N3O4/c1-7(2)9(14)11(18)15-6-8(17)16-10(12(19)20)13(3,4)5/h7,9-10H,6,14H2,1-5H3,(H,15,18)(H,16,17)(H,19,20)/t9-,10+/m0/s1. The molecule has 0 saturated heterocycles. The summed E-state index contributed by atoms with van der Waals surface area (Å²) in [5, 5.41) is 13.9. The topological polar surface area (TPSA) is 122 Å². The van der Waals surface area contributed by atoms with Crippen LogP contribution in [-0.4, -0.2) is 41.5 Å². The molecular weight excluding hydrogens is 262 g/mol. The Balaban J connectivity index is 4.43. The SMILES string of the molecule is CC(C)[C@H](N)C(=O)NCC(=O)N[C@H](C(=O)O)C(C)(C)C. The molecule has 0 unspecified atom stereocenters. The van der Waals surface area contributed by atoms with Gasteiger partial charge in [0.25, 0.3) is 0 Å². The number of carbonyl (C=O) groups is 3. The summed E-state index contributed by atoms with van der Waals surface area (Å²) in [4.78, 5) is 34.3.